The van der Waals surface area contributed by atoms with Gasteiger partial charge in [-0.05, 0) is 12.5 Å². The van der Waals surface area contributed by atoms with E-state index in [4.69, 9.17) is 4.74 Å². The van der Waals surface area contributed by atoms with Gasteiger partial charge in [0, 0.05) is 19.3 Å². The number of benzene rings is 1. The lowest BCUT2D eigenvalue weighted by molar-refractivity contribution is -0.144. The number of carbonyl (C=O) groups excluding carboxylic acids is 3. The van der Waals surface area contributed by atoms with Crippen LogP contribution in [0.15, 0.2) is 35.4 Å². The van der Waals surface area contributed by atoms with Gasteiger partial charge in [-0.2, -0.15) is 5.10 Å². The number of urea groups is 1. The molecule has 3 heterocycles. The topological polar surface area (TPSA) is 97.8 Å². The number of rotatable bonds is 4. The monoisotopic (exact) mass is 400 g/mol. The fraction of sp³-hybridized carbons (Fsp3) is 0.474. The van der Waals surface area contributed by atoms with E-state index in [2.05, 4.69) is 10.4 Å². The Balaban J connectivity index is 1.61. The molecule has 10 heteroatoms. The van der Waals surface area contributed by atoms with Crippen molar-refractivity contribution in [1.29, 1.82) is 0 Å². The van der Waals surface area contributed by atoms with E-state index in [0.717, 1.165) is 11.3 Å². The van der Waals surface area contributed by atoms with E-state index in [0.29, 0.717) is 6.54 Å². The first-order chi connectivity index (χ1) is 13.9. The molecule has 1 aromatic rings. The van der Waals surface area contributed by atoms with Gasteiger partial charge < -0.3 is 9.64 Å². The van der Waals surface area contributed by atoms with Gasteiger partial charge in [-0.25, -0.2) is 9.69 Å². The Kier molecular flexibility index (Phi) is 4.97. The first-order valence-corrected chi connectivity index (χ1v) is 9.42. The molecule has 1 aromatic carbocycles. The predicted octanol–water partition coefficient (Wildman–Crippen LogP) is -0.171. The lowest BCUT2D eigenvalue weighted by Gasteiger charge is -2.42. The maximum Gasteiger partial charge on any atom is 0.328 e. The summed E-state index contributed by atoms with van der Waals surface area (Å²) in [4.78, 5) is 42.8. The Morgan fingerprint density at radius 2 is 2.00 bits per heavy atom. The zero-order valence-electron chi connectivity index (χ0n) is 16.6. The number of fused-ring (bicyclic) bond motifs is 3. The van der Waals surface area contributed by atoms with Gasteiger partial charge in [-0.3, -0.25) is 24.8 Å². The molecule has 3 amide bonds. The Morgan fingerprint density at radius 1 is 1.28 bits per heavy atom. The normalized spacial score (nSPS) is 26.9. The second-order valence-corrected chi connectivity index (χ2v) is 7.41. The van der Waals surface area contributed by atoms with Crippen molar-refractivity contribution in [2.45, 2.75) is 32.0 Å². The van der Waals surface area contributed by atoms with Gasteiger partial charge in [-0.15, -0.1) is 0 Å². The van der Waals surface area contributed by atoms with Gasteiger partial charge in [0.05, 0.1) is 13.7 Å². The van der Waals surface area contributed by atoms with Crippen LogP contribution in [0.2, 0.25) is 0 Å². The van der Waals surface area contributed by atoms with E-state index in [1.54, 1.807) is 17.0 Å². The van der Waals surface area contributed by atoms with Crippen LogP contribution in [-0.4, -0.2) is 89.1 Å². The van der Waals surface area contributed by atoms with E-state index >= 15 is 0 Å². The third-order valence-corrected chi connectivity index (χ3v) is 5.45. The zero-order chi connectivity index (χ0) is 20.7. The summed E-state index contributed by atoms with van der Waals surface area (Å²) in [5.74, 6) is -0.689. The summed E-state index contributed by atoms with van der Waals surface area (Å²) in [6.07, 6.45) is -0.989. The van der Waals surface area contributed by atoms with Crippen molar-refractivity contribution in [3.63, 3.8) is 0 Å². The molecule has 0 radical (unpaired) electrons. The number of likely N-dealkylation sites (N-methyl/N-ethyl adjacent to an activating group) is 1. The molecule has 3 aliphatic rings. The van der Waals surface area contributed by atoms with Gasteiger partial charge >= 0.3 is 12.0 Å². The molecule has 29 heavy (non-hydrogen) atoms. The number of amides is 3. The lowest BCUT2D eigenvalue weighted by atomic mass is 10.1. The van der Waals surface area contributed by atoms with E-state index in [1.807, 2.05) is 42.2 Å². The smallest absolute Gasteiger partial charge is 0.328 e. The molecule has 2 saturated heterocycles. The third kappa shape index (κ3) is 3.34. The summed E-state index contributed by atoms with van der Waals surface area (Å²) in [7, 11) is 2.99. The van der Waals surface area contributed by atoms with Crippen LogP contribution in [0.1, 0.15) is 12.5 Å². The maximum absolute atomic E-state index is 13.4. The van der Waals surface area contributed by atoms with Crippen LogP contribution in [0.25, 0.3) is 0 Å². The van der Waals surface area contributed by atoms with E-state index in [-0.39, 0.29) is 25.0 Å². The van der Waals surface area contributed by atoms with Gasteiger partial charge in [0.1, 0.15) is 18.8 Å². The highest BCUT2D eigenvalue weighted by Crippen LogP contribution is 2.30. The largest absolute Gasteiger partial charge is 0.468 e. The molecule has 3 atom stereocenters. The van der Waals surface area contributed by atoms with Gasteiger partial charge in [0.2, 0.25) is 0 Å². The Hall–Kier alpha value is -2.98. The second kappa shape index (κ2) is 7.45. The summed E-state index contributed by atoms with van der Waals surface area (Å²) < 4.78 is 4.76. The molecule has 2 fully saturated rings. The number of nitrogens with zero attached hydrogens (tertiary/aromatic N) is 5. The zero-order valence-corrected chi connectivity index (χ0v) is 16.6. The molecule has 154 valence electrons. The summed E-state index contributed by atoms with van der Waals surface area (Å²) >= 11 is 0. The van der Waals surface area contributed by atoms with Crippen molar-refractivity contribution in [3.05, 3.63) is 35.9 Å². The molecule has 0 bridgehead atoms. The number of carbonyl (C=O) groups is 3. The molecule has 10 nitrogen and oxygen atoms in total. The lowest BCUT2D eigenvalue weighted by Crippen LogP contribution is -2.66. The van der Waals surface area contributed by atoms with Crippen molar-refractivity contribution >= 4 is 23.6 Å². The second-order valence-electron chi connectivity index (χ2n) is 7.41. The number of hydrazone groups is 1. The first-order valence-electron chi connectivity index (χ1n) is 9.42. The Morgan fingerprint density at radius 3 is 2.69 bits per heavy atom. The SMILES string of the molecule is COC(=O)CN1N=C(C)CN2C3C(=O)N(Cc4ccccc4)C(=O)N(C)C3NC12. The molecule has 1 N–H and O–H groups in total. The van der Waals surface area contributed by atoms with Crippen molar-refractivity contribution in [2.24, 2.45) is 5.10 Å². The number of hydrogen-bond acceptors (Lipinski definition) is 8. The molecule has 0 spiro atoms. The number of ether oxygens (including phenoxy) is 1. The fourth-order valence-electron chi connectivity index (χ4n) is 4.08. The number of esters is 1. The van der Waals surface area contributed by atoms with Gasteiger partial charge in [0.25, 0.3) is 5.91 Å². The number of imide groups is 1. The standard InChI is InChI=1S/C19H24N6O4/c1-12-9-23-15-16(20-18(23)25(21-12)11-14(26)29-3)22(2)19(28)24(17(15)27)10-13-7-5-4-6-8-13/h4-8,15-16,18,20H,9-11H2,1-3H3. The minimum absolute atomic E-state index is 0.0545. The maximum atomic E-state index is 13.4. The summed E-state index contributed by atoms with van der Waals surface area (Å²) in [6, 6.07) is 8.49. The molecular formula is C19H24N6O4. The Labute approximate surface area is 168 Å². The fourth-order valence-corrected chi connectivity index (χ4v) is 4.08. The summed E-state index contributed by atoms with van der Waals surface area (Å²) in [5.41, 5.74) is 1.65. The van der Waals surface area contributed by atoms with Crippen molar-refractivity contribution in [1.82, 2.24) is 25.0 Å². The summed E-state index contributed by atoms with van der Waals surface area (Å²) in [5, 5.41) is 9.29. The van der Waals surface area contributed by atoms with Crippen LogP contribution in [-0.2, 0) is 20.9 Å². The highest BCUT2D eigenvalue weighted by molar-refractivity contribution is 6.01. The van der Waals surface area contributed by atoms with Crippen molar-refractivity contribution < 1.29 is 19.1 Å². The molecule has 4 rings (SSSR count). The molecule has 3 unspecified atom stereocenters. The first kappa shape index (κ1) is 19.3. The van der Waals surface area contributed by atoms with Crippen LogP contribution >= 0.6 is 0 Å². The molecule has 0 aliphatic carbocycles. The molecular weight excluding hydrogens is 376 g/mol. The van der Waals surface area contributed by atoms with Crippen molar-refractivity contribution in [3.8, 4) is 0 Å². The van der Waals surface area contributed by atoms with Gasteiger partial charge in [0.15, 0.2) is 6.29 Å². The molecule has 0 saturated carbocycles. The van der Waals surface area contributed by atoms with Crippen LogP contribution in [0.4, 0.5) is 4.79 Å². The molecule has 0 aromatic heterocycles. The highest BCUT2D eigenvalue weighted by Gasteiger charge is 2.56. The van der Waals surface area contributed by atoms with Crippen molar-refractivity contribution in [2.75, 3.05) is 27.2 Å². The quantitative estimate of drug-likeness (QED) is 0.701. The average molecular weight is 400 g/mol. The predicted molar refractivity (Wildman–Crippen MR) is 103 cm³/mol. The van der Waals surface area contributed by atoms with Crippen LogP contribution in [0.5, 0.6) is 0 Å². The summed E-state index contributed by atoms with van der Waals surface area (Å²) in [6.45, 7) is 2.46. The minimum atomic E-state index is -0.572. The van der Waals surface area contributed by atoms with Crippen LogP contribution in [0.3, 0.4) is 0 Å². The number of nitrogens with one attached hydrogen (secondary N) is 1. The van der Waals surface area contributed by atoms with Crippen LogP contribution < -0.4 is 5.32 Å². The Bertz CT molecular complexity index is 860. The number of hydrogen-bond donors (Lipinski definition) is 1. The van der Waals surface area contributed by atoms with Crippen LogP contribution in [0, 0.1) is 0 Å². The van der Waals surface area contributed by atoms with E-state index in [9.17, 15) is 14.4 Å². The van der Waals surface area contributed by atoms with Gasteiger partial charge in [-0.1, -0.05) is 30.3 Å². The van der Waals surface area contributed by atoms with E-state index < -0.39 is 24.5 Å². The third-order valence-electron chi connectivity index (χ3n) is 5.45. The number of methoxy groups -OCH3 is 1. The minimum Gasteiger partial charge on any atom is -0.468 e. The van der Waals surface area contributed by atoms with E-state index in [1.165, 1.54) is 12.0 Å². The molecule has 3 aliphatic heterocycles. The highest BCUT2D eigenvalue weighted by atomic mass is 16.5. The average Bonchev–Trinajstić information content (AvgIpc) is 3.10.